The molecular formula is C12H20N4OS. The normalized spacial score (nSPS) is 16.6. The lowest BCUT2D eigenvalue weighted by Crippen LogP contribution is -2.10. The topological polar surface area (TPSA) is 59.9 Å². The minimum absolute atomic E-state index is 0.388. The summed E-state index contributed by atoms with van der Waals surface area (Å²) in [5.74, 6) is 0.600. The molecule has 0 amide bonds. The first kappa shape index (κ1) is 13.4. The number of methoxy groups -OCH3 is 1. The van der Waals surface area contributed by atoms with Gasteiger partial charge in [-0.3, -0.25) is 0 Å². The van der Waals surface area contributed by atoms with E-state index in [2.05, 4.69) is 20.3 Å². The average molecular weight is 268 g/mol. The molecule has 0 radical (unpaired) electrons. The zero-order chi connectivity index (χ0) is 12.8. The van der Waals surface area contributed by atoms with Crippen LogP contribution in [0.15, 0.2) is 5.16 Å². The third-order valence-electron chi connectivity index (χ3n) is 2.94. The van der Waals surface area contributed by atoms with E-state index in [1.54, 1.807) is 18.9 Å². The summed E-state index contributed by atoms with van der Waals surface area (Å²) in [5.41, 5.74) is 0. The van der Waals surface area contributed by atoms with E-state index in [1.807, 2.05) is 6.92 Å². The van der Waals surface area contributed by atoms with Crippen molar-refractivity contribution in [2.75, 3.05) is 19.0 Å². The SMILES string of the molecule is CCNc1nc(OC)nc(SC2CCCCC2)n1. The van der Waals surface area contributed by atoms with Crippen molar-refractivity contribution in [3.8, 4) is 6.01 Å². The molecule has 1 aromatic rings. The average Bonchev–Trinajstić information content (AvgIpc) is 2.40. The van der Waals surface area contributed by atoms with Gasteiger partial charge in [0.05, 0.1) is 7.11 Å². The second-order valence-corrected chi connectivity index (χ2v) is 5.60. The third-order valence-corrected chi connectivity index (χ3v) is 4.13. The Kier molecular flexibility index (Phi) is 5.04. The highest BCUT2D eigenvalue weighted by atomic mass is 32.2. The van der Waals surface area contributed by atoms with E-state index < -0.39 is 0 Å². The predicted molar refractivity (Wildman–Crippen MR) is 73.3 cm³/mol. The molecule has 1 aliphatic carbocycles. The van der Waals surface area contributed by atoms with Gasteiger partial charge in [-0.25, -0.2) is 0 Å². The number of ether oxygens (including phenoxy) is 1. The van der Waals surface area contributed by atoms with Crippen LogP contribution in [0.3, 0.4) is 0 Å². The van der Waals surface area contributed by atoms with Crippen LogP contribution in [0, 0.1) is 0 Å². The van der Waals surface area contributed by atoms with Crippen LogP contribution < -0.4 is 10.1 Å². The first-order chi connectivity index (χ1) is 8.81. The lowest BCUT2D eigenvalue weighted by atomic mass is 10.0. The van der Waals surface area contributed by atoms with Gasteiger partial charge in [0.15, 0.2) is 5.16 Å². The Morgan fingerprint density at radius 3 is 2.67 bits per heavy atom. The molecular weight excluding hydrogens is 248 g/mol. The molecule has 1 saturated carbocycles. The van der Waals surface area contributed by atoms with Crippen LogP contribution in [0.25, 0.3) is 0 Å². The lowest BCUT2D eigenvalue weighted by molar-refractivity contribution is 0.373. The Bertz CT molecular complexity index is 382. The second kappa shape index (κ2) is 6.78. The summed E-state index contributed by atoms with van der Waals surface area (Å²) in [7, 11) is 1.58. The molecule has 0 atom stereocenters. The molecule has 1 heterocycles. The Balaban J connectivity index is 2.07. The van der Waals surface area contributed by atoms with Crippen LogP contribution in [-0.4, -0.2) is 33.9 Å². The standard InChI is InChI=1S/C12H20N4OS/c1-3-13-10-14-11(17-2)16-12(15-10)18-9-7-5-4-6-8-9/h9H,3-8H2,1-2H3,(H,13,14,15,16). The van der Waals surface area contributed by atoms with E-state index in [0.717, 1.165) is 11.7 Å². The van der Waals surface area contributed by atoms with Crippen LogP contribution in [0.4, 0.5) is 5.95 Å². The molecule has 0 spiro atoms. The molecule has 2 rings (SSSR count). The van der Waals surface area contributed by atoms with Crippen LogP contribution in [-0.2, 0) is 0 Å². The molecule has 100 valence electrons. The molecule has 1 N–H and O–H groups in total. The number of thioether (sulfide) groups is 1. The second-order valence-electron chi connectivity index (χ2n) is 4.34. The minimum atomic E-state index is 0.388. The summed E-state index contributed by atoms with van der Waals surface area (Å²) in [5, 5.41) is 4.51. The van der Waals surface area contributed by atoms with E-state index >= 15 is 0 Å². The Labute approximate surface area is 112 Å². The quantitative estimate of drug-likeness (QED) is 0.886. The molecule has 0 bridgehead atoms. The summed E-state index contributed by atoms with van der Waals surface area (Å²) in [6, 6.07) is 0.388. The maximum atomic E-state index is 5.12. The minimum Gasteiger partial charge on any atom is -0.467 e. The van der Waals surface area contributed by atoms with Crippen molar-refractivity contribution < 1.29 is 4.74 Å². The van der Waals surface area contributed by atoms with Crippen LogP contribution in [0.1, 0.15) is 39.0 Å². The molecule has 1 aromatic heterocycles. The number of nitrogens with one attached hydrogen (secondary N) is 1. The van der Waals surface area contributed by atoms with Gasteiger partial charge in [-0.15, -0.1) is 0 Å². The van der Waals surface area contributed by atoms with E-state index in [1.165, 1.54) is 32.1 Å². The van der Waals surface area contributed by atoms with Crippen molar-refractivity contribution in [1.29, 1.82) is 0 Å². The Morgan fingerprint density at radius 1 is 1.22 bits per heavy atom. The van der Waals surface area contributed by atoms with Crippen molar-refractivity contribution in [3.05, 3.63) is 0 Å². The molecule has 0 unspecified atom stereocenters. The molecule has 1 aliphatic rings. The predicted octanol–water partition coefficient (Wildman–Crippen LogP) is 2.74. The van der Waals surface area contributed by atoms with E-state index in [0.29, 0.717) is 17.2 Å². The van der Waals surface area contributed by atoms with Gasteiger partial charge in [0.25, 0.3) is 0 Å². The Morgan fingerprint density at radius 2 is 2.00 bits per heavy atom. The van der Waals surface area contributed by atoms with Crippen molar-refractivity contribution in [1.82, 2.24) is 15.0 Å². The molecule has 0 saturated heterocycles. The van der Waals surface area contributed by atoms with Crippen molar-refractivity contribution in [2.45, 2.75) is 49.4 Å². The summed E-state index contributed by atoms with van der Waals surface area (Å²) in [6.45, 7) is 2.81. The highest BCUT2D eigenvalue weighted by Gasteiger charge is 2.17. The van der Waals surface area contributed by atoms with Gasteiger partial charge in [0.1, 0.15) is 0 Å². The molecule has 1 fully saturated rings. The summed E-state index contributed by atoms with van der Waals surface area (Å²) >= 11 is 1.75. The highest BCUT2D eigenvalue weighted by molar-refractivity contribution is 7.99. The van der Waals surface area contributed by atoms with Gasteiger partial charge in [-0.1, -0.05) is 31.0 Å². The first-order valence-electron chi connectivity index (χ1n) is 6.52. The third kappa shape index (κ3) is 3.73. The fraction of sp³-hybridized carbons (Fsp3) is 0.750. The van der Waals surface area contributed by atoms with Gasteiger partial charge in [-0.2, -0.15) is 15.0 Å². The van der Waals surface area contributed by atoms with Gasteiger partial charge in [-0.05, 0) is 19.8 Å². The molecule has 5 nitrogen and oxygen atoms in total. The zero-order valence-electron chi connectivity index (χ0n) is 11.0. The fourth-order valence-corrected chi connectivity index (χ4v) is 3.19. The molecule has 6 heteroatoms. The van der Waals surface area contributed by atoms with Crippen molar-refractivity contribution >= 4 is 17.7 Å². The number of anilines is 1. The monoisotopic (exact) mass is 268 g/mol. The van der Waals surface area contributed by atoms with E-state index in [9.17, 15) is 0 Å². The number of hydrogen-bond donors (Lipinski definition) is 1. The van der Waals surface area contributed by atoms with Gasteiger partial charge < -0.3 is 10.1 Å². The summed E-state index contributed by atoms with van der Waals surface area (Å²) in [6.07, 6.45) is 6.52. The van der Waals surface area contributed by atoms with Crippen LogP contribution in [0.2, 0.25) is 0 Å². The fourth-order valence-electron chi connectivity index (χ4n) is 2.05. The van der Waals surface area contributed by atoms with Crippen LogP contribution in [0.5, 0.6) is 6.01 Å². The maximum absolute atomic E-state index is 5.12. The molecule has 18 heavy (non-hydrogen) atoms. The number of nitrogens with zero attached hydrogens (tertiary/aromatic N) is 3. The van der Waals surface area contributed by atoms with Crippen molar-refractivity contribution in [3.63, 3.8) is 0 Å². The van der Waals surface area contributed by atoms with Gasteiger partial charge >= 0.3 is 6.01 Å². The number of rotatable bonds is 5. The number of hydrogen-bond acceptors (Lipinski definition) is 6. The summed E-state index contributed by atoms with van der Waals surface area (Å²) < 4.78 is 5.12. The zero-order valence-corrected chi connectivity index (χ0v) is 11.8. The summed E-state index contributed by atoms with van der Waals surface area (Å²) in [4.78, 5) is 12.9. The van der Waals surface area contributed by atoms with E-state index in [-0.39, 0.29) is 0 Å². The van der Waals surface area contributed by atoms with Crippen LogP contribution >= 0.6 is 11.8 Å². The van der Waals surface area contributed by atoms with Gasteiger partial charge in [0, 0.05) is 11.8 Å². The molecule has 0 aromatic carbocycles. The lowest BCUT2D eigenvalue weighted by Gasteiger charge is -2.20. The first-order valence-corrected chi connectivity index (χ1v) is 7.40. The van der Waals surface area contributed by atoms with Gasteiger partial charge in [0.2, 0.25) is 5.95 Å². The molecule has 0 aliphatic heterocycles. The van der Waals surface area contributed by atoms with E-state index in [4.69, 9.17) is 4.74 Å². The number of aromatic nitrogens is 3. The highest BCUT2D eigenvalue weighted by Crippen LogP contribution is 2.32. The Hall–Kier alpha value is -1.04. The van der Waals surface area contributed by atoms with Crippen molar-refractivity contribution in [2.24, 2.45) is 0 Å². The largest absolute Gasteiger partial charge is 0.467 e. The smallest absolute Gasteiger partial charge is 0.321 e. The maximum Gasteiger partial charge on any atom is 0.321 e.